The maximum atomic E-state index is 14.5. The standard InChI is InChI=1S/C21H18FN5O2S/c22-17-3-1-2-15-14(17)6-4-12-8-9-23-11-16(12)19(15)25-21(30)27-26-18-7-5-13(10-24-18)20(28)29/h1-3,5,7-11,19H,4,6H2,(H,24,26)(H,28,29)(H2,25,27,30). The Morgan fingerprint density at radius 1 is 1.13 bits per heavy atom. The van der Waals surface area contributed by atoms with Gasteiger partial charge in [-0.15, -0.1) is 0 Å². The molecule has 0 spiro atoms. The zero-order chi connectivity index (χ0) is 21.1. The van der Waals surface area contributed by atoms with E-state index in [9.17, 15) is 9.18 Å². The molecule has 4 N–H and O–H groups in total. The molecule has 7 nitrogen and oxygen atoms in total. The topological polar surface area (TPSA) is 99.2 Å². The molecule has 4 rings (SSSR count). The Balaban J connectivity index is 1.54. The van der Waals surface area contributed by atoms with E-state index >= 15 is 0 Å². The van der Waals surface area contributed by atoms with Gasteiger partial charge in [-0.25, -0.2) is 14.2 Å². The van der Waals surface area contributed by atoms with Gasteiger partial charge in [-0.1, -0.05) is 12.1 Å². The minimum Gasteiger partial charge on any atom is -0.478 e. The quantitative estimate of drug-likeness (QED) is 0.376. The molecule has 0 aliphatic heterocycles. The first kappa shape index (κ1) is 19.7. The van der Waals surface area contributed by atoms with Crippen LogP contribution in [0.5, 0.6) is 0 Å². The number of hydrazine groups is 1. The minimum atomic E-state index is -1.05. The van der Waals surface area contributed by atoms with Gasteiger partial charge in [0.05, 0.1) is 11.6 Å². The fraction of sp³-hybridized carbons (Fsp3) is 0.143. The van der Waals surface area contributed by atoms with Crippen LogP contribution in [-0.4, -0.2) is 26.2 Å². The molecule has 30 heavy (non-hydrogen) atoms. The number of halogens is 1. The molecule has 2 heterocycles. The smallest absolute Gasteiger partial charge is 0.337 e. The number of nitrogens with one attached hydrogen (secondary N) is 3. The van der Waals surface area contributed by atoms with E-state index in [1.54, 1.807) is 18.5 Å². The Bertz CT molecular complexity index is 1110. The number of hydrogen-bond donors (Lipinski definition) is 4. The summed E-state index contributed by atoms with van der Waals surface area (Å²) in [6, 6.07) is 9.57. The van der Waals surface area contributed by atoms with Crippen molar-refractivity contribution in [3.63, 3.8) is 0 Å². The number of aromatic nitrogens is 2. The number of carbonyl (C=O) groups is 1. The fourth-order valence-electron chi connectivity index (χ4n) is 3.50. The van der Waals surface area contributed by atoms with Crippen molar-refractivity contribution >= 4 is 29.1 Å². The molecule has 1 aromatic carbocycles. The highest BCUT2D eigenvalue weighted by molar-refractivity contribution is 7.80. The lowest BCUT2D eigenvalue weighted by Gasteiger charge is -2.23. The van der Waals surface area contributed by atoms with Crippen LogP contribution < -0.4 is 16.2 Å². The Labute approximate surface area is 177 Å². The summed E-state index contributed by atoms with van der Waals surface area (Å²) in [6.45, 7) is 0. The number of thiocarbonyl (C=S) groups is 1. The van der Waals surface area contributed by atoms with Crippen LogP contribution in [0.15, 0.2) is 55.0 Å². The number of fused-ring (bicyclic) bond motifs is 2. The second kappa shape index (κ2) is 8.42. The summed E-state index contributed by atoms with van der Waals surface area (Å²) in [5, 5.41) is 12.4. The Hall–Kier alpha value is -3.59. The zero-order valence-corrected chi connectivity index (χ0v) is 16.5. The van der Waals surface area contributed by atoms with Gasteiger partial charge in [-0.2, -0.15) is 0 Å². The largest absolute Gasteiger partial charge is 0.478 e. The van der Waals surface area contributed by atoms with Crippen LogP contribution in [0.2, 0.25) is 0 Å². The van der Waals surface area contributed by atoms with Gasteiger partial charge in [0.25, 0.3) is 0 Å². The molecule has 1 unspecified atom stereocenters. The van der Waals surface area contributed by atoms with Crippen LogP contribution >= 0.6 is 12.2 Å². The summed E-state index contributed by atoms with van der Waals surface area (Å²) in [6.07, 6.45) is 6.05. The number of aromatic carboxylic acids is 1. The molecule has 2 aromatic heterocycles. The van der Waals surface area contributed by atoms with Crippen molar-refractivity contribution < 1.29 is 14.3 Å². The van der Waals surface area contributed by atoms with E-state index in [0.29, 0.717) is 24.2 Å². The third-order valence-corrected chi connectivity index (χ3v) is 5.18. The maximum Gasteiger partial charge on any atom is 0.337 e. The second-order valence-electron chi connectivity index (χ2n) is 6.78. The van der Waals surface area contributed by atoms with Gasteiger partial charge in [-0.3, -0.25) is 15.8 Å². The Morgan fingerprint density at radius 3 is 2.77 bits per heavy atom. The molecule has 1 aliphatic carbocycles. The summed E-state index contributed by atoms with van der Waals surface area (Å²) in [7, 11) is 0. The minimum absolute atomic E-state index is 0.0856. The monoisotopic (exact) mass is 423 g/mol. The van der Waals surface area contributed by atoms with Gasteiger partial charge in [0.15, 0.2) is 5.11 Å². The molecule has 3 aromatic rings. The van der Waals surface area contributed by atoms with Crippen molar-refractivity contribution in [2.45, 2.75) is 18.9 Å². The molecular formula is C21H18FN5O2S. The predicted octanol–water partition coefficient (Wildman–Crippen LogP) is 2.99. The van der Waals surface area contributed by atoms with E-state index < -0.39 is 5.97 Å². The van der Waals surface area contributed by atoms with Crippen molar-refractivity contribution in [3.8, 4) is 0 Å². The fourth-order valence-corrected chi connectivity index (χ4v) is 3.67. The van der Waals surface area contributed by atoms with E-state index in [1.165, 1.54) is 24.4 Å². The summed E-state index contributed by atoms with van der Waals surface area (Å²) in [5.74, 6) is -0.885. The predicted molar refractivity (Wildman–Crippen MR) is 114 cm³/mol. The SMILES string of the molecule is O=C(O)c1ccc(NNC(=S)NC2c3cnccc3CCc3c(F)cccc32)nc1. The molecule has 0 amide bonds. The number of benzene rings is 1. The molecule has 1 atom stereocenters. The van der Waals surface area contributed by atoms with Crippen LogP contribution in [0.3, 0.4) is 0 Å². The van der Waals surface area contributed by atoms with Crippen molar-refractivity contribution in [1.29, 1.82) is 0 Å². The van der Waals surface area contributed by atoms with Crippen molar-refractivity contribution in [1.82, 2.24) is 20.7 Å². The molecular weight excluding hydrogens is 405 g/mol. The lowest BCUT2D eigenvalue weighted by Crippen LogP contribution is -2.41. The van der Waals surface area contributed by atoms with Crippen LogP contribution in [-0.2, 0) is 12.8 Å². The van der Waals surface area contributed by atoms with Gasteiger partial charge in [0.1, 0.15) is 11.6 Å². The maximum absolute atomic E-state index is 14.5. The highest BCUT2D eigenvalue weighted by Gasteiger charge is 2.26. The third-order valence-electron chi connectivity index (χ3n) is 4.96. The zero-order valence-electron chi connectivity index (χ0n) is 15.7. The Kier molecular flexibility index (Phi) is 5.53. The average molecular weight is 423 g/mol. The van der Waals surface area contributed by atoms with E-state index in [1.807, 2.05) is 12.1 Å². The lowest BCUT2D eigenvalue weighted by molar-refractivity contribution is 0.0696. The number of anilines is 1. The summed E-state index contributed by atoms with van der Waals surface area (Å²) in [4.78, 5) is 19.2. The third kappa shape index (κ3) is 4.06. The van der Waals surface area contributed by atoms with Gasteiger partial charge in [-0.05, 0) is 66.0 Å². The van der Waals surface area contributed by atoms with Crippen LogP contribution in [0.25, 0.3) is 0 Å². The van der Waals surface area contributed by atoms with Gasteiger partial charge in [0, 0.05) is 24.2 Å². The van der Waals surface area contributed by atoms with E-state index in [-0.39, 0.29) is 22.5 Å². The van der Waals surface area contributed by atoms with Crippen LogP contribution in [0.1, 0.15) is 38.7 Å². The molecule has 0 bridgehead atoms. The molecule has 0 saturated carbocycles. The Morgan fingerprint density at radius 2 is 2.00 bits per heavy atom. The highest BCUT2D eigenvalue weighted by Crippen LogP contribution is 2.33. The first-order valence-electron chi connectivity index (χ1n) is 9.25. The normalized spacial score (nSPS) is 14.6. The number of carboxylic acids is 1. The van der Waals surface area contributed by atoms with Crippen LogP contribution in [0.4, 0.5) is 10.2 Å². The van der Waals surface area contributed by atoms with Crippen molar-refractivity contribution in [3.05, 3.63) is 88.6 Å². The summed E-state index contributed by atoms with van der Waals surface area (Å²) >= 11 is 5.42. The number of hydrogen-bond acceptors (Lipinski definition) is 5. The average Bonchev–Trinajstić information content (AvgIpc) is 2.91. The van der Waals surface area contributed by atoms with E-state index in [2.05, 4.69) is 26.1 Å². The number of rotatable bonds is 4. The molecule has 152 valence electrons. The number of aryl methyl sites for hydroxylation is 1. The highest BCUT2D eigenvalue weighted by atomic mass is 32.1. The number of carboxylic acid groups (broad SMARTS) is 1. The van der Waals surface area contributed by atoms with Gasteiger partial charge >= 0.3 is 5.97 Å². The summed E-state index contributed by atoms with van der Waals surface area (Å²) in [5.41, 5.74) is 9.25. The first-order valence-corrected chi connectivity index (χ1v) is 9.65. The summed E-state index contributed by atoms with van der Waals surface area (Å²) < 4.78 is 14.5. The van der Waals surface area contributed by atoms with Gasteiger partial charge < -0.3 is 10.4 Å². The number of nitrogens with zero attached hydrogens (tertiary/aromatic N) is 2. The van der Waals surface area contributed by atoms with Crippen molar-refractivity contribution in [2.75, 3.05) is 5.43 Å². The number of pyridine rings is 2. The first-order chi connectivity index (χ1) is 14.5. The van der Waals surface area contributed by atoms with Crippen molar-refractivity contribution in [2.24, 2.45) is 0 Å². The molecule has 1 aliphatic rings. The van der Waals surface area contributed by atoms with Crippen LogP contribution in [0, 0.1) is 5.82 Å². The second-order valence-corrected chi connectivity index (χ2v) is 7.18. The lowest BCUT2D eigenvalue weighted by atomic mass is 9.96. The van der Waals surface area contributed by atoms with E-state index in [0.717, 1.165) is 16.7 Å². The molecule has 0 fully saturated rings. The molecule has 9 heteroatoms. The molecule has 0 radical (unpaired) electrons. The van der Waals surface area contributed by atoms with Gasteiger partial charge in [0.2, 0.25) is 0 Å². The van der Waals surface area contributed by atoms with E-state index in [4.69, 9.17) is 17.3 Å². The molecule has 0 saturated heterocycles.